The zero-order chi connectivity index (χ0) is 24.9. The van der Waals surface area contributed by atoms with Crippen LogP contribution in [-0.2, 0) is 11.3 Å². The van der Waals surface area contributed by atoms with E-state index in [1.54, 1.807) is 10.7 Å². The van der Waals surface area contributed by atoms with Crippen LogP contribution in [0.3, 0.4) is 0 Å². The highest BCUT2D eigenvalue weighted by atomic mass is 35.5. The summed E-state index contributed by atoms with van der Waals surface area (Å²) in [5.74, 6) is -1.41. The summed E-state index contributed by atoms with van der Waals surface area (Å²) >= 11 is 6.48. The first-order valence-electron chi connectivity index (χ1n) is 11.2. The van der Waals surface area contributed by atoms with Crippen LogP contribution in [0.5, 0.6) is 0 Å². The van der Waals surface area contributed by atoms with Gasteiger partial charge in [0.05, 0.1) is 23.7 Å². The molecule has 0 aliphatic carbocycles. The second kappa shape index (κ2) is 10.7. The number of halogens is 2. The molecule has 1 aromatic heterocycles. The molecule has 5 nitrogen and oxygen atoms in total. The van der Waals surface area contributed by atoms with Gasteiger partial charge in [-0.3, -0.25) is 4.68 Å². The summed E-state index contributed by atoms with van der Waals surface area (Å²) in [5, 5.41) is 23.9. The maximum Gasteiger partial charge on any atom is 0.328 e. The van der Waals surface area contributed by atoms with Gasteiger partial charge in [-0.1, -0.05) is 54.9 Å². The van der Waals surface area contributed by atoms with Crippen LogP contribution in [-0.4, -0.2) is 32.6 Å². The molecule has 0 amide bonds. The van der Waals surface area contributed by atoms with Gasteiger partial charge in [0.15, 0.2) is 0 Å². The standard InChI is InChI=1S/C28H24ClFN2O3/c1-2-23(24-10-9-22(30)16-25(24)29)28(19-6-3-18(4-7-19)5-12-27(34)35)20-8-11-26-21(15-20)17-32(31-26)13-14-33/h3-12,15-17,33H,2,13-14H2,1H3,(H,34,35). The average molecular weight is 491 g/mol. The number of carboxylic acid groups (broad SMARTS) is 1. The molecule has 3 aromatic carbocycles. The van der Waals surface area contributed by atoms with Crippen LogP contribution in [0, 0.1) is 5.82 Å². The Labute approximate surface area is 207 Å². The minimum absolute atomic E-state index is 0.00226. The van der Waals surface area contributed by atoms with Gasteiger partial charge in [-0.05, 0) is 70.2 Å². The average Bonchev–Trinajstić information content (AvgIpc) is 3.24. The van der Waals surface area contributed by atoms with Crippen LogP contribution in [0.2, 0.25) is 5.02 Å². The maximum atomic E-state index is 13.8. The molecule has 1 heterocycles. The second-order valence-electron chi connectivity index (χ2n) is 8.01. The van der Waals surface area contributed by atoms with Crippen molar-refractivity contribution in [1.82, 2.24) is 9.78 Å². The number of carbonyl (C=O) groups is 1. The van der Waals surface area contributed by atoms with Crippen LogP contribution >= 0.6 is 11.6 Å². The Bertz CT molecular complexity index is 1440. The Morgan fingerprint density at radius 3 is 2.49 bits per heavy atom. The third-order valence-corrected chi connectivity index (χ3v) is 6.01. The molecule has 0 fully saturated rings. The van der Waals surface area contributed by atoms with E-state index in [1.807, 2.05) is 55.6 Å². The Morgan fingerprint density at radius 2 is 1.83 bits per heavy atom. The number of allylic oxidation sites excluding steroid dienone is 1. The van der Waals surface area contributed by atoms with Gasteiger partial charge < -0.3 is 10.2 Å². The van der Waals surface area contributed by atoms with Crippen molar-refractivity contribution in [3.63, 3.8) is 0 Å². The van der Waals surface area contributed by atoms with Gasteiger partial charge in [0.25, 0.3) is 0 Å². The molecule has 0 aliphatic heterocycles. The molecule has 35 heavy (non-hydrogen) atoms. The van der Waals surface area contributed by atoms with E-state index in [1.165, 1.54) is 18.2 Å². The SMILES string of the molecule is CCC(=C(c1ccc(C=CC(=O)O)cc1)c1ccc2nn(CCO)cc2c1)c1ccc(F)cc1Cl. The summed E-state index contributed by atoms with van der Waals surface area (Å²) in [6.07, 6.45) is 5.17. The van der Waals surface area contributed by atoms with Crippen molar-refractivity contribution in [2.45, 2.75) is 19.9 Å². The number of aliphatic carboxylic acids is 1. The highest BCUT2D eigenvalue weighted by Crippen LogP contribution is 2.38. The number of hydrogen-bond donors (Lipinski definition) is 2. The molecule has 0 saturated heterocycles. The molecule has 0 unspecified atom stereocenters. The smallest absolute Gasteiger partial charge is 0.328 e. The van der Waals surface area contributed by atoms with E-state index < -0.39 is 11.8 Å². The van der Waals surface area contributed by atoms with Crippen molar-refractivity contribution in [2.24, 2.45) is 0 Å². The van der Waals surface area contributed by atoms with E-state index in [-0.39, 0.29) is 6.61 Å². The molecule has 0 saturated carbocycles. The highest BCUT2D eigenvalue weighted by molar-refractivity contribution is 6.32. The number of benzene rings is 3. The second-order valence-corrected chi connectivity index (χ2v) is 8.42. The van der Waals surface area contributed by atoms with E-state index in [0.717, 1.165) is 50.4 Å². The Hall–Kier alpha value is -3.74. The summed E-state index contributed by atoms with van der Waals surface area (Å²) in [5.41, 5.74) is 6.06. The third kappa shape index (κ3) is 5.50. The molecule has 4 rings (SSSR count). The van der Waals surface area contributed by atoms with Crippen LogP contribution in [0.15, 0.2) is 72.9 Å². The topological polar surface area (TPSA) is 75.3 Å². The van der Waals surface area contributed by atoms with Crippen LogP contribution in [0.25, 0.3) is 28.1 Å². The van der Waals surface area contributed by atoms with E-state index in [9.17, 15) is 14.3 Å². The monoisotopic (exact) mass is 490 g/mol. The number of aliphatic hydroxyl groups excluding tert-OH is 1. The van der Waals surface area contributed by atoms with E-state index in [4.69, 9.17) is 16.7 Å². The lowest BCUT2D eigenvalue weighted by Gasteiger charge is -2.17. The number of carboxylic acids is 1. The molecule has 0 bridgehead atoms. The van der Waals surface area contributed by atoms with Gasteiger partial charge in [-0.25, -0.2) is 9.18 Å². The number of aliphatic hydroxyl groups is 1. The third-order valence-electron chi connectivity index (χ3n) is 5.70. The quantitative estimate of drug-likeness (QED) is 0.225. The lowest BCUT2D eigenvalue weighted by molar-refractivity contribution is -0.131. The number of aromatic nitrogens is 2. The number of hydrogen-bond acceptors (Lipinski definition) is 3. The first-order valence-corrected chi connectivity index (χ1v) is 11.6. The molecule has 7 heteroatoms. The normalized spacial score (nSPS) is 12.3. The Morgan fingerprint density at radius 1 is 1.09 bits per heavy atom. The predicted octanol–water partition coefficient (Wildman–Crippen LogP) is 6.29. The Balaban J connectivity index is 1.92. The number of nitrogens with zero attached hydrogens (tertiary/aromatic N) is 2. The van der Waals surface area contributed by atoms with Crippen molar-refractivity contribution < 1.29 is 19.4 Å². The van der Waals surface area contributed by atoms with Gasteiger partial charge in [0, 0.05) is 17.7 Å². The molecule has 178 valence electrons. The highest BCUT2D eigenvalue weighted by Gasteiger charge is 2.17. The molecule has 2 N–H and O–H groups in total. The molecule has 0 spiro atoms. The summed E-state index contributed by atoms with van der Waals surface area (Å²) in [6.45, 7) is 2.43. The van der Waals surface area contributed by atoms with Crippen molar-refractivity contribution in [1.29, 1.82) is 0 Å². The van der Waals surface area contributed by atoms with Crippen LogP contribution in [0.4, 0.5) is 4.39 Å². The van der Waals surface area contributed by atoms with Crippen molar-refractivity contribution >= 4 is 45.7 Å². The molecular weight excluding hydrogens is 467 g/mol. The summed E-state index contributed by atoms with van der Waals surface area (Å²) in [4.78, 5) is 10.9. The molecule has 0 aliphatic rings. The maximum absolute atomic E-state index is 13.8. The predicted molar refractivity (Wildman–Crippen MR) is 138 cm³/mol. The van der Waals surface area contributed by atoms with Gasteiger partial charge in [-0.15, -0.1) is 0 Å². The number of fused-ring (bicyclic) bond motifs is 1. The van der Waals surface area contributed by atoms with Gasteiger partial charge in [-0.2, -0.15) is 5.10 Å². The summed E-state index contributed by atoms with van der Waals surface area (Å²) in [6, 6.07) is 17.9. The van der Waals surface area contributed by atoms with Gasteiger partial charge in [0.1, 0.15) is 5.82 Å². The van der Waals surface area contributed by atoms with E-state index in [2.05, 4.69) is 5.10 Å². The van der Waals surface area contributed by atoms with Crippen LogP contribution < -0.4 is 0 Å². The fourth-order valence-corrected chi connectivity index (χ4v) is 4.41. The largest absolute Gasteiger partial charge is 0.478 e. The van der Waals surface area contributed by atoms with Crippen molar-refractivity contribution in [3.05, 3.63) is 106 Å². The minimum Gasteiger partial charge on any atom is -0.478 e. The molecule has 0 radical (unpaired) electrons. The molecule has 0 atom stereocenters. The fourth-order valence-electron chi connectivity index (χ4n) is 4.13. The molecular formula is C28H24ClFN2O3. The zero-order valence-electron chi connectivity index (χ0n) is 19.1. The lowest BCUT2D eigenvalue weighted by atomic mass is 9.87. The molecule has 4 aromatic rings. The van der Waals surface area contributed by atoms with E-state index >= 15 is 0 Å². The first kappa shape index (κ1) is 24.4. The van der Waals surface area contributed by atoms with Crippen molar-refractivity contribution in [3.8, 4) is 0 Å². The first-order chi connectivity index (χ1) is 16.9. The minimum atomic E-state index is -1.01. The summed E-state index contributed by atoms with van der Waals surface area (Å²) < 4.78 is 15.5. The lowest BCUT2D eigenvalue weighted by Crippen LogP contribution is -2.01. The van der Waals surface area contributed by atoms with E-state index in [0.29, 0.717) is 18.0 Å². The Kier molecular flexibility index (Phi) is 7.44. The zero-order valence-corrected chi connectivity index (χ0v) is 19.8. The number of rotatable bonds is 8. The van der Waals surface area contributed by atoms with Gasteiger partial charge >= 0.3 is 5.97 Å². The fraction of sp³-hybridized carbons (Fsp3) is 0.143. The summed E-state index contributed by atoms with van der Waals surface area (Å²) in [7, 11) is 0. The van der Waals surface area contributed by atoms with Gasteiger partial charge in [0.2, 0.25) is 0 Å². The van der Waals surface area contributed by atoms with Crippen molar-refractivity contribution in [2.75, 3.05) is 6.61 Å². The van der Waals surface area contributed by atoms with Crippen LogP contribution in [0.1, 0.15) is 35.6 Å².